The molecule has 2 fully saturated rings. The summed E-state index contributed by atoms with van der Waals surface area (Å²) in [4.78, 5) is 48.4. The largest absolute Gasteiger partial charge is 0.497 e. The van der Waals surface area contributed by atoms with Crippen molar-refractivity contribution in [1.82, 2.24) is 4.90 Å². The standard InChI is InChI=1S/C20H23NO10/c1-10(22)21-16-18(31-20(21)25)17(28-12(3)24)15(9-27-11(2)23)30-19(16)29-14-7-5-13(26-4)6-8-14/h5-8,15-19H,9H2,1-4H3/t15-,16-,17+,18-,19?/m1/s1. The molecule has 3 rings (SSSR count). The molecule has 1 aromatic carbocycles. The molecular weight excluding hydrogens is 414 g/mol. The van der Waals surface area contributed by atoms with Crippen LogP contribution in [0.5, 0.6) is 11.5 Å². The number of fused-ring (bicyclic) bond motifs is 1. The predicted molar refractivity (Wildman–Crippen MR) is 101 cm³/mol. The normalized spacial score (nSPS) is 27.0. The number of imide groups is 1. The van der Waals surface area contributed by atoms with Gasteiger partial charge in [-0.2, -0.15) is 0 Å². The van der Waals surface area contributed by atoms with Gasteiger partial charge in [-0.3, -0.25) is 14.4 Å². The molecule has 0 saturated carbocycles. The Balaban J connectivity index is 1.94. The summed E-state index contributed by atoms with van der Waals surface area (Å²) in [7, 11) is 1.52. The van der Waals surface area contributed by atoms with Gasteiger partial charge in [0.25, 0.3) is 0 Å². The minimum atomic E-state index is -1.18. The Hall–Kier alpha value is -3.34. The first kappa shape index (κ1) is 22.3. The molecule has 2 aliphatic rings. The lowest BCUT2D eigenvalue weighted by molar-refractivity contribution is -0.247. The number of rotatable bonds is 6. The Morgan fingerprint density at radius 2 is 1.68 bits per heavy atom. The van der Waals surface area contributed by atoms with E-state index in [0.717, 1.165) is 4.90 Å². The lowest BCUT2D eigenvalue weighted by Gasteiger charge is -2.42. The number of nitrogens with zero attached hydrogens (tertiary/aromatic N) is 1. The number of amides is 2. The molecule has 0 bridgehead atoms. The van der Waals surface area contributed by atoms with Crippen molar-refractivity contribution >= 4 is 23.9 Å². The molecule has 1 unspecified atom stereocenters. The van der Waals surface area contributed by atoms with Gasteiger partial charge in [-0.25, -0.2) is 9.69 Å². The summed E-state index contributed by atoms with van der Waals surface area (Å²) >= 11 is 0. The van der Waals surface area contributed by atoms with E-state index < -0.39 is 54.6 Å². The average Bonchev–Trinajstić information content (AvgIpc) is 3.06. The third kappa shape index (κ3) is 4.88. The van der Waals surface area contributed by atoms with Crippen molar-refractivity contribution in [2.24, 2.45) is 0 Å². The fourth-order valence-electron chi connectivity index (χ4n) is 3.48. The van der Waals surface area contributed by atoms with E-state index in [0.29, 0.717) is 11.5 Å². The number of hydrogen-bond donors (Lipinski definition) is 0. The lowest BCUT2D eigenvalue weighted by atomic mass is 9.96. The molecule has 2 aliphatic heterocycles. The van der Waals surface area contributed by atoms with Gasteiger partial charge in [0, 0.05) is 20.8 Å². The smallest absolute Gasteiger partial charge is 0.417 e. The first-order chi connectivity index (χ1) is 14.7. The fraction of sp³-hybridized carbons (Fsp3) is 0.500. The Bertz CT molecular complexity index is 854. The van der Waals surface area contributed by atoms with Crippen molar-refractivity contribution < 1.29 is 47.6 Å². The second-order valence-electron chi connectivity index (χ2n) is 6.94. The molecule has 31 heavy (non-hydrogen) atoms. The van der Waals surface area contributed by atoms with Gasteiger partial charge in [-0.15, -0.1) is 0 Å². The van der Waals surface area contributed by atoms with E-state index in [1.54, 1.807) is 24.3 Å². The first-order valence-electron chi connectivity index (χ1n) is 9.48. The first-order valence-corrected chi connectivity index (χ1v) is 9.48. The molecule has 0 aliphatic carbocycles. The zero-order valence-electron chi connectivity index (χ0n) is 17.4. The quantitative estimate of drug-likeness (QED) is 0.470. The lowest BCUT2D eigenvalue weighted by Crippen LogP contribution is -2.63. The van der Waals surface area contributed by atoms with Crippen LogP contribution in [0, 0.1) is 0 Å². The second kappa shape index (κ2) is 9.21. The number of hydrogen-bond acceptors (Lipinski definition) is 10. The number of methoxy groups -OCH3 is 1. The van der Waals surface area contributed by atoms with Crippen molar-refractivity contribution in [3.05, 3.63) is 24.3 Å². The highest BCUT2D eigenvalue weighted by atomic mass is 16.7. The average molecular weight is 437 g/mol. The highest BCUT2D eigenvalue weighted by Crippen LogP contribution is 2.36. The molecule has 2 heterocycles. The van der Waals surface area contributed by atoms with Crippen molar-refractivity contribution in [1.29, 1.82) is 0 Å². The van der Waals surface area contributed by atoms with Gasteiger partial charge in [-0.1, -0.05) is 0 Å². The second-order valence-corrected chi connectivity index (χ2v) is 6.94. The van der Waals surface area contributed by atoms with Gasteiger partial charge in [-0.05, 0) is 24.3 Å². The van der Waals surface area contributed by atoms with Crippen LogP contribution in [0.25, 0.3) is 0 Å². The van der Waals surface area contributed by atoms with Gasteiger partial charge in [0.05, 0.1) is 7.11 Å². The fourth-order valence-corrected chi connectivity index (χ4v) is 3.48. The number of esters is 2. The van der Waals surface area contributed by atoms with E-state index in [9.17, 15) is 19.2 Å². The van der Waals surface area contributed by atoms with Crippen LogP contribution in [0.3, 0.4) is 0 Å². The van der Waals surface area contributed by atoms with Crippen LogP contribution in [0.15, 0.2) is 24.3 Å². The van der Waals surface area contributed by atoms with Gasteiger partial charge >= 0.3 is 18.0 Å². The van der Waals surface area contributed by atoms with Crippen LogP contribution < -0.4 is 9.47 Å². The van der Waals surface area contributed by atoms with Gasteiger partial charge < -0.3 is 28.4 Å². The maximum atomic E-state index is 12.4. The highest BCUT2D eigenvalue weighted by molar-refractivity contribution is 5.92. The maximum Gasteiger partial charge on any atom is 0.417 e. The van der Waals surface area contributed by atoms with Crippen molar-refractivity contribution in [3.8, 4) is 11.5 Å². The summed E-state index contributed by atoms with van der Waals surface area (Å²) in [6.45, 7) is 3.30. The van der Waals surface area contributed by atoms with Crippen molar-refractivity contribution in [3.63, 3.8) is 0 Å². The number of benzene rings is 1. The van der Waals surface area contributed by atoms with Crippen LogP contribution >= 0.6 is 0 Å². The summed E-state index contributed by atoms with van der Waals surface area (Å²) in [6, 6.07) is 5.52. The van der Waals surface area contributed by atoms with Gasteiger partial charge in [0.1, 0.15) is 30.3 Å². The number of carbonyl (C=O) groups is 4. The maximum absolute atomic E-state index is 12.4. The monoisotopic (exact) mass is 437 g/mol. The third-order valence-corrected chi connectivity index (χ3v) is 4.75. The SMILES string of the molecule is COc1ccc(OC2O[C@H](COC(C)=O)[C@H](OC(C)=O)[C@@H]3OC(=O)N(C(C)=O)[C@@H]23)cc1. The zero-order valence-corrected chi connectivity index (χ0v) is 17.4. The number of carbonyl (C=O) groups excluding carboxylic acids is 4. The Labute approximate surface area is 178 Å². The molecule has 0 aromatic heterocycles. The molecular formula is C20H23NO10. The molecule has 0 N–H and O–H groups in total. The molecule has 11 heteroatoms. The molecule has 11 nitrogen and oxygen atoms in total. The van der Waals surface area contributed by atoms with Crippen molar-refractivity contribution in [2.45, 2.75) is 51.4 Å². The topological polar surface area (TPSA) is 127 Å². The van der Waals surface area contributed by atoms with E-state index in [-0.39, 0.29) is 6.61 Å². The van der Waals surface area contributed by atoms with E-state index in [1.165, 1.54) is 27.9 Å². The van der Waals surface area contributed by atoms with E-state index in [4.69, 9.17) is 28.4 Å². The van der Waals surface area contributed by atoms with Crippen LogP contribution in [-0.2, 0) is 33.3 Å². The predicted octanol–water partition coefficient (Wildman–Crippen LogP) is 1.03. The van der Waals surface area contributed by atoms with Crippen LogP contribution in [-0.4, -0.2) is 73.2 Å². The third-order valence-electron chi connectivity index (χ3n) is 4.75. The van der Waals surface area contributed by atoms with Crippen LogP contribution in [0.1, 0.15) is 20.8 Å². The minimum absolute atomic E-state index is 0.281. The summed E-state index contributed by atoms with van der Waals surface area (Å²) in [6.07, 6.45) is -5.30. The van der Waals surface area contributed by atoms with Gasteiger partial charge in [0.15, 0.2) is 12.2 Å². The van der Waals surface area contributed by atoms with E-state index in [1.807, 2.05) is 0 Å². The summed E-state index contributed by atoms with van der Waals surface area (Å²) in [5.41, 5.74) is 0. The summed E-state index contributed by atoms with van der Waals surface area (Å²) < 4.78 is 32.6. The Morgan fingerprint density at radius 3 is 2.23 bits per heavy atom. The van der Waals surface area contributed by atoms with Gasteiger partial charge in [0.2, 0.25) is 12.2 Å². The molecule has 5 atom stereocenters. The highest BCUT2D eigenvalue weighted by Gasteiger charge is 2.60. The summed E-state index contributed by atoms with van der Waals surface area (Å²) in [5, 5.41) is 0. The zero-order chi connectivity index (χ0) is 22.7. The molecule has 1 aromatic rings. The molecule has 2 saturated heterocycles. The van der Waals surface area contributed by atoms with Crippen LogP contribution in [0.2, 0.25) is 0 Å². The number of ether oxygens (including phenoxy) is 6. The van der Waals surface area contributed by atoms with E-state index in [2.05, 4.69) is 0 Å². The molecule has 168 valence electrons. The summed E-state index contributed by atoms with van der Waals surface area (Å²) in [5.74, 6) is -0.864. The van der Waals surface area contributed by atoms with Crippen molar-refractivity contribution in [2.75, 3.05) is 13.7 Å². The molecule has 2 amide bonds. The van der Waals surface area contributed by atoms with E-state index >= 15 is 0 Å². The molecule has 0 radical (unpaired) electrons. The van der Waals surface area contributed by atoms with Crippen LogP contribution in [0.4, 0.5) is 4.79 Å². The Morgan fingerprint density at radius 1 is 1.03 bits per heavy atom. The Kier molecular flexibility index (Phi) is 6.64. The minimum Gasteiger partial charge on any atom is -0.497 e. The molecule has 0 spiro atoms.